The number of ether oxygens (including phenoxy) is 2. The van der Waals surface area contributed by atoms with Gasteiger partial charge in [0.2, 0.25) is 0 Å². The van der Waals surface area contributed by atoms with E-state index in [2.05, 4.69) is 26.0 Å². The van der Waals surface area contributed by atoms with Gasteiger partial charge in [-0.05, 0) is 38.5 Å². The van der Waals surface area contributed by atoms with Gasteiger partial charge in [-0.2, -0.15) is 0 Å². The number of hydrogen-bond acceptors (Lipinski definition) is 5. The van der Waals surface area contributed by atoms with Gasteiger partial charge in [0.1, 0.15) is 6.61 Å². The molecule has 0 aliphatic rings. The summed E-state index contributed by atoms with van der Waals surface area (Å²) < 4.78 is 10.6. The van der Waals surface area contributed by atoms with Crippen LogP contribution in [0.15, 0.2) is 12.2 Å². The fraction of sp³-hybridized carbons (Fsp3) is 0.889. The first-order chi connectivity index (χ1) is 20.1. The lowest BCUT2D eigenvalue weighted by Gasteiger charge is -2.15. The SMILES string of the molecule is CCCCC/C=C/CCCCCCCCCC(=O)O[C@@H](CO)COC(=O)CCCCCCCCCCCCCCC. The first-order valence-corrected chi connectivity index (χ1v) is 17.7. The maximum Gasteiger partial charge on any atom is 0.306 e. The minimum absolute atomic E-state index is 0.0621. The summed E-state index contributed by atoms with van der Waals surface area (Å²) in [5.74, 6) is -0.590. The Kier molecular flexibility index (Phi) is 32.0. The second kappa shape index (κ2) is 33.1. The number of rotatable bonds is 32. The van der Waals surface area contributed by atoms with Crippen LogP contribution in [0, 0.1) is 0 Å². The lowest BCUT2D eigenvalue weighted by molar-refractivity contribution is -0.161. The van der Waals surface area contributed by atoms with Crippen LogP contribution in [0.2, 0.25) is 0 Å². The van der Waals surface area contributed by atoms with Crippen molar-refractivity contribution < 1.29 is 24.2 Å². The summed E-state index contributed by atoms with van der Waals surface area (Å²) in [6.07, 6.45) is 35.4. The summed E-state index contributed by atoms with van der Waals surface area (Å²) in [6.45, 7) is 4.11. The van der Waals surface area contributed by atoms with Gasteiger partial charge in [0.25, 0.3) is 0 Å². The molecule has 0 saturated heterocycles. The standard InChI is InChI=1S/C36H68O5/c1-3-5-7-9-11-13-15-17-19-21-23-25-27-29-31-36(39)41-34(32-37)33-40-35(38)30-28-26-24-22-20-18-16-14-12-10-8-6-4-2/h11,13,34,37H,3-10,12,14-33H2,1-2H3/b13-11+/t34-/m0/s1. The Balaban J connectivity index is 3.55. The molecule has 1 N–H and O–H groups in total. The predicted octanol–water partition coefficient (Wildman–Crippen LogP) is 10.6. The number of esters is 2. The highest BCUT2D eigenvalue weighted by molar-refractivity contribution is 5.70. The first kappa shape index (κ1) is 39.6. The summed E-state index contributed by atoms with van der Waals surface area (Å²) in [7, 11) is 0. The van der Waals surface area contributed by atoms with Gasteiger partial charge in [-0.3, -0.25) is 9.59 Å². The summed E-state index contributed by atoms with van der Waals surface area (Å²) in [6, 6.07) is 0. The second-order valence-corrected chi connectivity index (χ2v) is 12.0. The number of allylic oxidation sites excluding steroid dienone is 2. The highest BCUT2D eigenvalue weighted by Gasteiger charge is 2.16. The van der Waals surface area contributed by atoms with E-state index >= 15 is 0 Å². The Hall–Kier alpha value is -1.36. The predicted molar refractivity (Wildman–Crippen MR) is 173 cm³/mol. The Labute approximate surface area is 254 Å². The van der Waals surface area contributed by atoms with Crippen LogP contribution in [0.1, 0.15) is 187 Å². The summed E-state index contributed by atoms with van der Waals surface area (Å²) in [5.41, 5.74) is 0. The minimum Gasteiger partial charge on any atom is -0.462 e. The molecule has 0 aromatic carbocycles. The summed E-state index contributed by atoms with van der Waals surface area (Å²) in [5, 5.41) is 9.51. The minimum atomic E-state index is -0.765. The molecule has 0 saturated carbocycles. The van der Waals surface area contributed by atoms with Crippen LogP contribution >= 0.6 is 0 Å². The van der Waals surface area contributed by atoms with Crippen molar-refractivity contribution in [3.63, 3.8) is 0 Å². The van der Waals surface area contributed by atoms with Gasteiger partial charge in [-0.25, -0.2) is 0 Å². The second-order valence-electron chi connectivity index (χ2n) is 12.0. The van der Waals surface area contributed by atoms with Crippen LogP contribution in [0.25, 0.3) is 0 Å². The maximum atomic E-state index is 12.1. The van der Waals surface area contributed by atoms with E-state index in [1.54, 1.807) is 0 Å². The van der Waals surface area contributed by atoms with E-state index in [0.717, 1.165) is 38.5 Å². The van der Waals surface area contributed by atoms with Crippen molar-refractivity contribution in [1.82, 2.24) is 0 Å². The average molecular weight is 581 g/mol. The molecule has 0 fully saturated rings. The number of carbonyl (C=O) groups excluding carboxylic acids is 2. The molecular weight excluding hydrogens is 512 g/mol. The van der Waals surface area contributed by atoms with Crippen molar-refractivity contribution in [2.24, 2.45) is 0 Å². The Morgan fingerprint density at radius 1 is 0.537 bits per heavy atom. The van der Waals surface area contributed by atoms with Crippen molar-refractivity contribution in [1.29, 1.82) is 0 Å². The molecule has 0 radical (unpaired) electrons. The maximum absolute atomic E-state index is 12.1. The van der Waals surface area contributed by atoms with Crippen LogP contribution < -0.4 is 0 Å². The van der Waals surface area contributed by atoms with Gasteiger partial charge < -0.3 is 14.6 Å². The molecule has 0 aliphatic carbocycles. The molecule has 0 rings (SSSR count). The molecular formula is C36H68O5. The van der Waals surface area contributed by atoms with Crippen molar-refractivity contribution in [3.8, 4) is 0 Å². The third kappa shape index (κ3) is 31.4. The average Bonchev–Trinajstić information content (AvgIpc) is 2.97. The van der Waals surface area contributed by atoms with E-state index in [9.17, 15) is 14.7 Å². The number of carbonyl (C=O) groups is 2. The van der Waals surface area contributed by atoms with Crippen LogP contribution in [0.5, 0.6) is 0 Å². The fourth-order valence-electron chi connectivity index (χ4n) is 5.08. The molecule has 0 unspecified atom stereocenters. The van der Waals surface area contributed by atoms with E-state index in [-0.39, 0.29) is 25.2 Å². The van der Waals surface area contributed by atoms with Crippen LogP contribution in [-0.4, -0.2) is 36.4 Å². The zero-order valence-electron chi connectivity index (χ0n) is 27.3. The summed E-state index contributed by atoms with van der Waals surface area (Å²) in [4.78, 5) is 24.1. The van der Waals surface area contributed by atoms with Crippen LogP contribution in [0.3, 0.4) is 0 Å². The highest BCUT2D eigenvalue weighted by Crippen LogP contribution is 2.14. The zero-order chi connectivity index (χ0) is 30.1. The Morgan fingerprint density at radius 3 is 1.37 bits per heavy atom. The van der Waals surface area contributed by atoms with Crippen molar-refractivity contribution in [2.75, 3.05) is 13.2 Å². The van der Waals surface area contributed by atoms with Crippen LogP contribution in [0.4, 0.5) is 0 Å². The van der Waals surface area contributed by atoms with E-state index in [4.69, 9.17) is 9.47 Å². The van der Waals surface area contributed by atoms with Crippen LogP contribution in [-0.2, 0) is 19.1 Å². The van der Waals surface area contributed by atoms with E-state index < -0.39 is 6.10 Å². The van der Waals surface area contributed by atoms with Gasteiger partial charge in [0, 0.05) is 12.8 Å². The molecule has 242 valence electrons. The molecule has 0 amide bonds. The highest BCUT2D eigenvalue weighted by atomic mass is 16.6. The molecule has 41 heavy (non-hydrogen) atoms. The van der Waals surface area contributed by atoms with E-state index in [0.29, 0.717) is 12.8 Å². The molecule has 0 aliphatic heterocycles. The molecule has 1 atom stereocenters. The monoisotopic (exact) mass is 581 g/mol. The van der Waals surface area contributed by atoms with Crippen molar-refractivity contribution in [3.05, 3.63) is 12.2 Å². The molecule has 0 aromatic heterocycles. The number of unbranched alkanes of at least 4 members (excludes halogenated alkanes) is 22. The normalized spacial score (nSPS) is 12.2. The first-order valence-electron chi connectivity index (χ1n) is 17.7. The third-order valence-electron chi connectivity index (χ3n) is 7.81. The van der Waals surface area contributed by atoms with E-state index in [1.807, 2.05) is 0 Å². The van der Waals surface area contributed by atoms with Crippen molar-refractivity contribution >= 4 is 11.9 Å². The molecule has 5 heteroatoms. The number of aliphatic hydroxyl groups excluding tert-OH is 1. The quantitative estimate of drug-likeness (QED) is 0.0487. The van der Waals surface area contributed by atoms with Gasteiger partial charge in [0.15, 0.2) is 6.10 Å². The lowest BCUT2D eigenvalue weighted by Crippen LogP contribution is -2.28. The molecule has 5 nitrogen and oxygen atoms in total. The zero-order valence-corrected chi connectivity index (χ0v) is 27.3. The molecule has 0 bridgehead atoms. The van der Waals surface area contributed by atoms with Gasteiger partial charge in [0.05, 0.1) is 6.61 Å². The van der Waals surface area contributed by atoms with E-state index in [1.165, 1.54) is 122 Å². The Morgan fingerprint density at radius 2 is 0.902 bits per heavy atom. The lowest BCUT2D eigenvalue weighted by atomic mass is 10.0. The molecule has 0 heterocycles. The smallest absolute Gasteiger partial charge is 0.306 e. The fourth-order valence-corrected chi connectivity index (χ4v) is 5.08. The van der Waals surface area contributed by atoms with Gasteiger partial charge in [-0.1, -0.05) is 148 Å². The molecule has 0 spiro atoms. The van der Waals surface area contributed by atoms with Gasteiger partial charge in [-0.15, -0.1) is 0 Å². The molecule has 0 aromatic rings. The topological polar surface area (TPSA) is 72.8 Å². The summed E-state index contributed by atoms with van der Waals surface area (Å²) >= 11 is 0. The largest absolute Gasteiger partial charge is 0.462 e. The number of hydrogen-bond donors (Lipinski definition) is 1. The van der Waals surface area contributed by atoms with Gasteiger partial charge >= 0.3 is 11.9 Å². The van der Waals surface area contributed by atoms with Crippen molar-refractivity contribution in [2.45, 2.75) is 193 Å². The number of aliphatic hydroxyl groups is 1. The Bertz CT molecular complexity index is 589. The third-order valence-corrected chi connectivity index (χ3v) is 7.81.